The second kappa shape index (κ2) is 6.46. The summed E-state index contributed by atoms with van der Waals surface area (Å²) in [5.41, 5.74) is 2.12. The average molecular weight is 348 g/mol. The van der Waals surface area contributed by atoms with Crippen molar-refractivity contribution in [2.24, 2.45) is 5.92 Å². The lowest BCUT2D eigenvalue weighted by Gasteiger charge is -2.34. The van der Waals surface area contributed by atoms with E-state index in [0.717, 1.165) is 43.3 Å². The van der Waals surface area contributed by atoms with E-state index in [4.69, 9.17) is 0 Å². The second-order valence-electron chi connectivity index (χ2n) is 6.87. The molecule has 1 unspecified atom stereocenters. The van der Waals surface area contributed by atoms with E-state index >= 15 is 0 Å². The Morgan fingerprint density at radius 1 is 1.04 bits per heavy atom. The number of nitrogens with zero attached hydrogens (tertiary/aromatic N) is 4. The molecule has 1 atom stereocenters. The molecule has 2 saturated heterocycles. The summed E-state index contributed by atoms with van der Waals surface area (Å²) in [4.78, 5) is 4.44. The lowest BCUT2D eigenvalue weighted by molar-refractivity contribution is 0.234. The Balaban J connectivity index is 1.49. The van der Waals surface area contributed by atoms with Gasteiger partial charge in [0.2, 0.25) is 0 Å². The molecule has 2 aromatic rings. The van der Waals surface area contributed by atoms with Crippen LogP contribution in [0.15, 0.2) is 30.6 Å². The fourth-order valence-corrected chi connectivity index (χ4v) is 5.71. The van der Waals surface area contributed by atoms with Crippen LogP contribution in [0.2, 0.25) is 0 Å². The predicted molar refractivity (Wildman–Crippen MR) is 93.8 cm³/mol. The highest BCUT2D eigenvalue weighted by molar-refractivity contribution is 7.86. The zero-order chi connectivity index (χ0) is 16.6. The number of aromatic nitrogens is 2. The topological polar surface area (TPSA) is 58.4 Å². The van der Waals surface area contributed by atoms with E-state index in [1.165, 1.54) is 0 Å². The van der Waals surface area contributed by atoms with Gasteiger partial charge in [0.05, 0.1) is 17.4 Å². The van der Waals surface area contributed by atoms with Gasteiger partial charge in [0.15, 0.2) is 0 Å². The molecule has 1 aromatic heterocycles. The first-order valence-corrected chi connectivity index (χ1v) is 10.2. The summed E-state index contributed by atoms with van der Waals surface area (Å²) in [6.07, 6.45) is 5.84. The van der Waals surface area contributed by atoms with Crippen molar-refractivity contribution in [1.29, 1.82) is 0 Å². The predicted octanol–water partition coefficient (Wildman–Crippen LogP) is 2.09. The first kappa shape index (κ1) is 16.1. The van der Waals surface area contributed by atoms with Gasteiger partial charge in [-0.2, -0.15) is 17.0 Å². The highest BCUT2D eigenvalue weighted by atomic mass is 32.2. The molecule has 130 valence electrons. The van der Waals surface area contributed by atoms with Crippen molar-refractivity contribution in [3.05, 3.63) is 30.6 Å². The third kappa shape index (κ3) is 2.96. The Kier molecular flexibility index (Phi) is 4.32. The van der Waals surface area contributed by atoms with Crippen LogP contribution in [0.3, 0.4) is 0 Å². The van der Waals surface area contributed by atoms with Crippen molar-refractivity contribution < 1.29 is 8.42 Å². The van der Waals surface area contributed by atoms with Crippen molar-refractivity contribution in [2.75, 3.05) is 26.2 Å². The quantitative estimate of drug-likeness (QED) is 0.850. The third-order valence-electron chi connectivity index (χ3n) is 5.18. The van der Waals surface area contributed by atoms with E-state index < -0.39 is 10.2 Å². The fraction of sp³-hybridized carbons (Fsp3) is 0.588. The summed E-state index contributed by atoms with van der Waals surface area (Å²) in [6.45, 7) is 3.45. The van der Waals surface area contributed by atoms with Gasteiger partial charge < -0.3 is 4.57 Å². The molecular formula is C17H24N4O2S. The molecule has 2 aliphatic heterocycles. The van der Waals surface area contributed by atoms with Crippen molar-refractivity contribution in [2.45, 2.75) is 32.2 Å². The molecule has 6 nitrogen and oxygen atoms in total. The number of hydrogen-bond donors (Lipinski definition) is 0. The number of para-hydroxylation sites is 2. The van der Waals surface area contributed by atoms with Crippen molar-refractivity contribution >= 4 is 21.2 Å². The van der Waals surface area contributed by atoms with E-state index in [1.807, 2.05) is 24.5 Å². The smallest absolute Gasteiger partial charge is 0.281 e. The van der Waals surface area contributed by atoms with Gasteiger partial charge in [-0.1, -0.05) is 12.1 Å². The molecule has 4 rings (SSSR count). The number of hydrogen-bond acceptors (Lipinski definition) is 3. The summed E-state index contributed by atoms with van der Waals surface area (Å²) >= 11 is 0. The molecule has 0 bridgehead atoms. The van der Waals surface area contributed by atoms with Gasteiger partial charge in [-0.25, -0.2) is 4.98 Å². The molecule has 3 heterocycles. The van der Waals surface area contributed by atoms with E-state index in [2.05, 4.69) is 15.6 Å². The first-order valence-electron chi connectivity index (χ1n) is 8.80. The first-order chi connectivity index (χ1) is 11.6. The number of piperidine rings is 1. The largest absolute Gasteiger partial charge is 0.330 e. The van der Waals surface area contributed by atoms with Crippen LogP contribution in [0.25, 0.3) is 11.0 Å². The molecule has 0 spiro atoms. The number of rotatable bonds is 4. The highest BCUT2D eigenvalue weighted by Gasteiger charge is 2.34. The normalized spacial score (nSPS) is 23.9. The van der Waals surface area contributed by atoms with Gasteiger partial charge in [-0.05, 0) is 43.7 Å². The van der Waals surface area contributed by atoms with Crippen LogP contribution in [-0.2, 0) is 16.8 Å². The van der Waals surface area contributed by atoms with Crippen LogP contribution in [0, 0.1) is 5.92 Å². The van der Waals surface area contributed by atoms with Crippen molar-refractivity contribution in [3.8, 4) is 0 Å². The number of imidazole rings is 1. The summed E-state index contributed by atoms with van der Waals surface area (Å²) in [5, 5.41) is 0. The monoisotopic (exact) mass is 348 g/mol. The average Bonchev–Trinajstić information content (AvgIpc) is 3.26. The molecule has 0 aliphatic carbocycles. The van der Waals surface area contributed by atoms with Crippen LogP contribution < -0.4 is 0 Å². The maximum atomic E-state index is 12.8. The Bertz CT molecular complexity index is 811. The van der Waals surface area contributed by atoms with Gasteiger partial charge in [-0.3, -0.25) is 0 Å². The van der Waals surface area contributed by atoms with E-state index in [9.17, 15) is 8.42 Å². The maximum absolute atomic E-state index is 12.8. The molecule has 0 amide bonds. The molecule has 24 heavy (non-hydrogen) atoms. The molecule has 7 heteroatoms. The zero-order valence-corrected chi connectivity index (χ0v) is 14.7. The van der Waals surface area contributed by atoms with Gasteiger partial charge >= 0.3 is 0 Å². The molecule has 0 N–H and O–H groups in total. The molecular weight excluding hydrogens is 324 g/mol. The summed E-state index contributed by atoms with van der Waals surface area (Å²) in [5.74, 6) is 0.341. The summed E-state index contributed by atoms with van der Waals surface area (Å²) in [7, 11) is -3.27. The Labute approximate surface area is 143 Å². The number of benzene rings is 1. The van der Waals surface area contributed by atoms with Gasteiger partial charge in [0.25, 0.3) is 10.2 Å². The van der Waals surface area contributed by atoms with Gasteiger partial charge in [0, 0.05) is 32.7 Å². The summed E-state index contributed by atoms with van der Waals surface area (Å²) < 4.78 is 31.1. The fourth-order valence-electron chi connectivity index (χ4n) is 3.90. The minimum atomic E-state index is -3.27. The van der Waals surface area contributed by atoms with Gasteiger partial charge in [-0.15, -0.1) is 0 Å². The molecule has 2 fully saturated rings. The minimum Gasteiger partial charge on any atom is -0.330 e. The maximum Gasteiger partial charge on any atom is 0.281 e. The third-order valence-corrected chi connectivity index (χ3v) is 7.18. The Morgan fingerprint density at radius 2 is 1.79 bits per heavy atom. The lowest BCUT2D eigenvalue weighted by Crippen LogP contribution is -2.47. The SMILES string of the molecule is O=S(=O)(N1CCCC1)N1CCCC(Cn2cnc3ccccc32)C1. The molecule has 0 saturated carbocycles. The van der Waals surface area contributed by atoms with Crippen LogP contribution >= 0.6 is 0 Å². The summed E-state index contributed by atoms with van der Waals surface area (Å²) in [6, 6.07) is 8.09. The van der Waals surface area contributed by atoms with E-state index in [-0.39, 0.29) is 0 Å². The zero-order valence-electron chi connectivity index (χ0n) is 13.8. The number of fused-ring (bicyclic) bond motifs is 1. The molecule has 2 aliphatic rings. The van der Waals surface area contributed by atoms with Crippen LogP contribution in [0.1, 0.15) is 25.7 Å². The van der Waals surface area contributed by atoms with E-state index in [1.54, 1.807) is 8.61 Å². The van der Waals surface area contributed by atoms with E-state index in [0.29, 0.717) is 32.1 Å². The second-order valence-corrected chi connectivity index (χ2v) is 8.79. The molecule has 0 radical (unpaired) electrons. The minimum absolute atomic E-state index is 0.341. The van der Waals surface area contributed by atoms with Gasteiger partial charge in [0.1, 0.15) is 0 Å². The molecule has 1 aromatic carbocycles. The highest BCUT2D eigenvalue weighted by Crippen LogP contribution is 2.25. The van der Waals surface area contributed by atoms with Crippen LogP contribution in [-0.4, -0.2) is 52.8 Å². The lowest BCUT2D eigenvalue weighted by atomic mass is 9.99. The Hall–Kier alpha value is -1.44. The Morgan fingerprint density at radius 3 is 2.62 bits per heavy atom. The van der Waals surface area contributed by atoms with Crippen LogP contribution in [0.4, 0.5) is 0 Å². The van der Waals surface area contributed by atoms with Crippen molar-refractivity contribution in [3.63, 3.8) is 0 Å². The van der Waals surface area contributed by atoms with Crippen molar-refractivity contribution in [1.82, 2.24) is 18.2 Å². The standard InChI is InChI=1S/C17H24N4O2S/c22-24(23,20-9-3-4-10-20)21-11-5-6-15(13-21)12-19-14-18-16-7-1-2-8-17(16)19/h1-2,7-8,14-15H,3-6,9-13H2. The van der Waals surface area contributed by atoms with Crippen LogP contribution in [0.5, 0.6) is 0 Å².